The van der Waals surface area contributed by atoms with E-state index in [-0.39, 0.29) is 0 Å². The molecule has 0 unspecified atom stereocenters. The van der Waals surface area contributed by atoms with Crippen LogP contribution in [-0.2, 0) is 13.6 Å². The molecule has 0 saturated carbocycles. The fourth-order valence-electron chi connectivity index (χ4n) is 5.70. The Hall–Kier alpha value is 0.188. The number of hydrogen-bond donors (Lipinski definition) is 0. The van der Waals surface area contributed by atoms with Crippen LogP contribution in [0.5, 0.6) is 0 Å². The van der Waals surface area contributed by atoms with Gasteiger partial charge >= 0.3 is 166 Å². The van der Waals surface area contributed by atoms with Crippen LogP contribution in [0.4, 0.5) is 0 Å². The zero-order valence-corrected chi connectivity index (χ0v) is 34.8. The van der Waals surface area contributed by atoms with Crippen molar-refractivity contribution in [2.45, 2.75) is 216 Å². The summed E-state index contributed by atoms with van der Waals surface area (Å²) in [5.41, 5.74) is 7.12. The third kappa shape index (κ3) is 37.0. The number of unbranched alkanes of at least 4 members (excludes halogenated alkanes) is 24. The maximum atomic E-state index is 13.6. The molecule has 0 atom stereocenters. The van der Waals surface area contributed by atoms with Gasteiger partial charge in [-0.05, 0) is 25.7 Å². The van der Waals surface area contributed by atoms with E-state index in [0.29, 0.717) is 19.4 Å². The summed E-state index contributed by atoms with van der Waals surface area (Å²) in [7, 11) is -2.97. The molecule has 0 bridgehead atoms. The van der Waals surface area contributed by atoms with Crippen molar-refractivity contribution in [3.8, 4) is 0 Å². The molecule has 46 heavy (non-hydrogen) atoms. The Kier molecular flexibility index (Phi) is 35.2. The van der Waals surface area contributed by atoms with Crippen molar-refractivity contribution in [3.63, 3.8) is 0 Å². The molecule has 0 aliphatic heterocycles. The molecule has 0 amide bonds. The Bertz CT molecular complexity index is 667. The van der Waals surface area contributed by atoms with Crippen LogP contribution in [0.2, 0.25) is 22.3 Å². The second kappa shape index (κ2) is 35.0. The zero-order valence-electron chi connectivity index (χ0n) is 32.1. The number of hydrogen-bond acceptors (Lipinski definition) is 3. The van der Waals surface area contributed by atoms with Gasteiger partial charge in [0.15, 0.2) is 0 Å². The van der Waals surface area contributed by atoms with Crippen molar-refractivity contribution in [2.24, 2.45) is 0 Å². The molecule has 5 heteroatoms. The zero-order chi connectivity index (χ0) is 33.9. The van der Waals surface area contributed by atoms with Crippen molar-refractivity contribution in [1.82, 2.24) is 0 Å². The third-order valence-electron chi connectivity index (χ3n) is 8.93. The van der Waals surface area contributed by atoms with Crippen LogP contribution in [0.15, 0.2) is 24.3 Å². The summed E-state index contributed by atoms with van der Waals surface area (Å²) in [6.07, 6.45) is 46.5. The predicted octanol–water partition coefficient (Wildman–Crippen LogP) is 15.6. The van der Waals surface area contributed by atoms with Gasteiger partial charge in [-0.25, -0.2) is 0 Å². The van der Waals surface area contributed by atoms with Crippen LogP contribution in [0.1, 0.15) is 194 Å². The van der Waals surface area contributed by atoms with Crippen molar-refractivity contribution in [1.29, 1.82) is 0 Å². The summed E-state index contributed by atoms with van der Waals surface area (Å²) < 4.78 is 25.6. The van der Waals surface area contributed by atoms with Crippen LogP contribution in [0.25, 0.3) is 0 Å². The summed E-state index contributed by atoms with van der Waals surface area (Å²) in [4.78, 5) is 0. The van der Waals surface area contributed by atoms with Crippen LogP contribution in [0.3, 0.4) is 0 Å². The van der Waals surface area contributed by atoms with Crippen LogP contribution < -0.4 is 0 Å². The molecule has 0 rings (SSSR count). The summed E-state index contributed by atoms with van der Waals surface area (Å²) in [5.74, 6) is 0. The van der Waals surface area contributed by atoms with Crippen molar-refractivity contribution < 1.29 is 13.6 Å². The third-order valence-corrected chi connectivity index (χ3v) is 14.9. The standard InChI is InChI=1S/C41H83AsO3P/c1-6-8-10-12-14-16-18-20-22-24-26-28-30-32-34-36-39-44-46(43,41-38-42(3,4)5)45-40-37-35-33-31-29-27-25-23-21-19-17-15-13-11-9-7-2/h20-23H,6-19,24-41H2,1-5H3/q+1/b22-20-,23-21-. The van der Waals surface area contributed by atoms with Gasteiger partial charge in [-0.15, -0.1) is 0 Å². The molecule has 0 heterocycles. The predicted molar refractivity (Wildman–Crippen MR) is 211 cm³/mol. The smallest absolute Gasteiger partial charge is 0.0885 e. The first kappa shape index (κ1) is 46.2. The van der Waals surface area contributed by atoms with E-state index in [1.54, 1.807) is 0 Å². The van der Waals surface area contributed by atoms with E-state index in [0.717, 1.165) is 18.1 Å². The molecule has 3 nitrogen and oxygen atoms in total. The quantitative estimate of drug-likeness (QED) is 0.0276. The normalized spacial score (nSPS) is 12.7. The summed E-state index contributed by atoms with van der Waals surface area (Å²) in [6, 6.07) is 0. The van der Waals surface area contributed by atoms with Gasteiger partial charge in [-0.1, -0.05) is 102 Å². The molecular weight excluding hydrogens is 646 g/mol. The molecule has 274 valence electrons. The van der Waals surface area contributed by atoms with E-state index < -0.39 is 21.1 Å². The molecule has 0 aliphatic rings. The summed E-state index contributed by atoms with van der Waals surface area (Å²) in [5, 5.41) is 1.04. The fraction of sp³-hybridized carbons (Fsp3) is 0.902. The monoisotopic (exact) mass is 730 g/mol. The molecule has 0 aromatic heterocycles. The average molecular weight is 730 g/mol. The van der Waals surface area contributed by atoms with Crippen molar-refractivity contribution >= 4 is 21.1 Å². The Labute approximate surface area is 293 Å². The molecule has 0 spiro atoms. The number of rotatable bonds is 37. The maximum absolute atomic E-state index is 13.6. The summed E-state index contributed by atoms with van der Waals surface area (Å²) >= 11 is -1.63. The van der Waals surface area contributed by atoms with Gasteiger partial charge in [0.1, 0.15) is 0 Å². The molecule has 0 aliphatic carbocycles. The molecule has 0 aromatic rings. The van der Waals surface area contributed by atoms with E-state index >= 15 is 0 Å². The average Bonchev–Trinajstić information content (AvgIpc) is 3.03. The van der Waals surface area contributed by atoms with Crippen LogP contribution in [0, 0.1) is 0 Å². The first-order chi connectivity index (χ1) is 22.3. The minimum atomic E-state index is -2.97. The van der Waals surface area contributed by atoms with Gasteiger partial charge in [0.25, 0.3) is 0 Å². The molecule has 0 N–H and O–H groups in total. The van der Waals surface area contributed by atoms with E-state index in [9.17, 15) is 4.57 Å². The van der Waals surface area contributed by atoms with E-state index in [2.05, 4.69) is 55.3 Å². The Morgan fingerprint density at radius 1 is 0.435 bits per heavy atom. The Morgan fingerprint density at radius 2 is 0.717 bits per heavy atom. The van der Waals surface area contributed by atoms with Crippen LogP contribution >= 0.6 is 7.60 Å². The second-order valence-electron chi connectivity index (χ2n) is 14.9. The minimum Gasteiger partial charge on any atom is -0.0885 e. The molecule has 0 fully saturated rings. The van der Waals surface area contributed by atoms with Gasteiger partial charge in [-0.2, -0.15) is 0 Å². The molecular formula is C41H83AsO3P+. The van der Waals surface area contributed by atoms with Crippen molar-refractivity contribution in [3.05, 3.63) is 24.3 Å². The second-order valence-corrected chi connectivity index (χ2v) is 27.6. The molecule has 0 radical (unpaired) electrons. The minimum absolute atomic E-state index is 0.585. The van der Waals surface area contributed by atoms with Crippen molar-refractivity contribution in [2.75, 3.05) is 19.4 Å². The Morgan fingerprint density at radius 3 is 1.02 bits per heavy atom. The first-order valence-electron chi connectivity index (χ1n) is 20.3. The van der Waals surface area contributed by atoms with E-state index in [1.807, 2.05) is 0 Å². The van der Waals surface area contributed by atoms with Crippen LogP contribution in [-0.4, -0.2) is 32.9 Å². The fourth-order valence-corrected chi connectivity index (χ4v) is 13.0. The van der Waals surface area contributed by atoms with Gasteiger partial charge in [0.05, 0.1) is 0 Å². The SMILES string of the molecule is CCCCCCCC/C=C\CCCCCCCCOP(=O)(CC[As+](C)(C)C)OCCCCCCCC/C=C\CCCCCCCC. The van der Waals surface area contributed by atoms with E-state index in [1.165, 1.54) is 167 Å². The van der Waals surface area contributed by atoms with Gasteiger partial charge < -0.3 is 0 Å². The van der Waals surface area contributed by atoms with Gasteiger partial charge in [0.2, 0.25) is 0 Å². The van der Waals surface area contributed by atoms with Gasteiger partial charge in [0, 0.05) is 0 Å². The van der Waals surface area contributed by atoms with E-state index in [4.69, 9.17) is 9.05 Å². The molecule has 0 saturated heterocycles. The number of allylic oxidation sites excluding steroid dienone is 4. The topological polar surface area (TPSA) is 35.5 Å². The Balaban J connectivity index is 3.85. The summed E-state index contributed by atoms with van der Waals surface area (Å²) in [6.45, 7) is 5.73. The van der Waals surface area contributed by atoms with Gasteiger partial charge in [-0.3, -0.25) is 0 Å². The first-order valence-corrected chi connectivity index (χ1v) is 29.0. The molecule has 0 aromatic carbocycles.